The largest absolute Gasteiger partial charge is 0.497 e. The molecule has 0 aromatic heterocycles. The van der Waals surface area contributed by atoms with Crippen LogP contribution in [0.1, 0.15) is 32.3 Å². The van der Waals surface area contributed by atoms with Crippen molar-refractivity contribution in [1.29, 1.82) is 0 Å². The monoisotopic (exact) mass is 263 g/mol. The van der Waals surface area contributed by atoms with Gasteiger partial charge in [0.15, 0.2) is 0 Å². The Balaban J connectivity index is 2.36. The number of ether oxygens (including phenoxy) is 2. The van der Waals surface area contributed by atoms with Crippen LogP contribution in [0, 0.1) is 0 Å². The number of likely N-dealkylation sites (N-methyl/N-ethyl adjacent to an activating group) is 1. The SMILES string of the molecule is CCCC1(c2cccc(OC)c2)CN(C)CC(C)O1. The van der Waals surface area contributed by atoms with Crippen LogP contribution in [0.25, 0.3) is 0 Å². The second-order valence-electron chi connectivity index (χ2n) is 5.60. The highest BCUT2D eigenvalue weighted by Crippen LogP contribution is 2.37. The van der Waals surface area contributed by atoms with Gasteiger partial charge in [-0.05, 0) is 38.1 Å². The van der Waals surface area contributed by atoms with Gasteiger partial charge in [-0.3, -0.25) is 0 Å². The Morgan fingerprint density at radius 3 is 2.89 bits per heavy atom. The fourth-order valence-corrected chi connectivity index (χ4v) is 3.15. The highest BCUT2D eigenvalue weighted by molar-refractivity contribution is 5.33. The molecule has 2 atom stereocenters. The van der Waals surface area contributed by atoms with Gasteiger partial charge in [-0.2, -0.15) is 0 Å². The maximum atomic E-state index is 6.37. The summed E-state index contributed by atoms with van der Waals surface area (Å²) in [5.74, 6) is 0.900. The molecule has 0 amide bonds. The highest BCUT2D eigenvalue weighted by Gasteiger charge is 2.39. The van der Waals surface area contributed by atoms with Crippen molar-refractivity contribution in [3.8, 4) is 5.75 Å². The van der Waals surface area contributed by atoms with E-state index < -0.39 is 0 Å². The first kappa shape index (κ1) is 14.4. The van der Waals surface area contributed by atoms with Gasteiger partial charge in [-0.25, -0.2) is 0 Å². The van der Waals surface area contributed by atoms with Crippen molar-refractivity contribution in [2.75, 3.05) is 27.2 Å². The van der Waals surface area contributed by atoms with Gasteiger partial charge in [0.05, 0.1) is 13.2 Å². The van der Waals surface area contributed by atoms with Crippen LogP contribution >= 0.6 is 0 Å². The predicted octanol–water partition coefficient (Wildman–Crippen LogP) is 3.04. The topological polar surface area (TPSA) is 21.7 Å². The van der Waals surface area contributed by atoms with Gasteiger partial charge in [0.2, 0.25) is 0 Å². The molecule has 2 rings (SSSR count). The fraction of sp³-hybridized carbons (Fsp3) is 0.625. The maximum Gasteiger partial charge on any atom is 0.119 e. The molecule has 1 aliphatic heterocycles. The number of morpholine rings is 1. The molecule has 0 bridgehead atoms. The Morgan fingerprint density at radius 1 is 1.47 bits per heavy atom. The van der Waals surface area contributed by atoms with Gasteiger partial charge in [-0.15, -0.1) is 0 Å². The van der Waals surface area contributed by atoms with Gasteiger partial charge in [0.25, 0.3) is 0 Å². The van der Waals surface area contributed by atoms with E-state index in [0.29, 0.717) is 0 Å². The third kappa shape index (κ3) is 3.10. The molecule has 1 saturated heterocycles. The predicted molar refractivity (Wildman–Crippen MR) is 77.6 cm³/mol. The summed E-state index contributed by atoms with van der Waals surface area (Å²) in [6.45, 7) is 6.30. The minimum atomic E-state index is -0.199. The van der Waals surface area contributed by atoms with E-state index >= 15 is 0 Å². The molecule has 3 heteroatoms. The van der Waals surface area contributed by atoms with Crippen molar-refractivity contribution in [2.24, 2.45) is 0 Å². The van der Waals surface area contributed by atoms with E-state index in [0.717, 1.165) is 31.7 Å². The van der Waals surface area contributed by atoms with Crippen LogP contribution in [0.4, 0.5) is 0 Å². The minimum absolute atomic E-state index is 0.199. The lowest BCUT2D eigenvalue weighted by molar-refractivity contribution is -0.153. The molecule has 1 aliphatic rings. The van der Waals surface area contributed by atoms with Gasteiger partial charge < -0.3 is 14.4 Å². The summed E-state index contributed by atoms with van der Waals surface area (Å²) < 4.78 is 11.7. The lowest BCUT2D eigenvalue weighted by atomic mass is 9.86. The highest BCUT2D eigenvalue weighted by atomic mass is 16.5. The summed E-state index contributed by atoms with van der Waals surface area (Å²) >= 11 is 0. The summed E-state index contributed by atoms with van der Waals surface area (Å²) in [6, 6.07) is 8.30. The average Bonchev–Trinajstić information content (AvgIpc) is 2.38. The van der Waals surface area contributed by atoms with Crippen molar-refractivity contribution in [3.05, 3.63) is 29.8 Å². The average molecular weight is 263 g/mol. The summed E-state index contributed by atoms with van der Waals surface area (Å²) in [6.07, 6.45) is 2.41. The van der Waals surface area contributed by atoms with E-state index in [1.165, 1.54) is 5.56 Å². The molecule has 0 N–H and O–H groups in total. The Morgan fingerprint density at radius 2 is 2.26 bits per heavy atom. The Hall–Kier alpha value is -1.06. The number of nitrogens with zero attached hydrogens (tertiary/aromatic N) is 1. The van der Waals surface area contributed by atoms with E-state index in [1.54, 1.807) is 7.11 Å². The van der Waals surface area contributed by atoms with Gasteiger partial charge >= 0.3 is 0 Å². The molecule has 3 nitrogen and oxygen atoms in total. The van der Waals surface area contributed by atoms with Gasteiger partial charge in [0.1, 0.15) is 11.4 Å². The Bertz CT molecular complexity index is 409. The normalized spacial score (nSPS) is 28.3. The molecule has 0 radical (unpaired) electrons. The van der Waals surface area contributed by atoms with Crippen LogP contribution in [-0.2, 0) is 10.3 Å². The smallest absolute Gasteiger partial charge is 0.119 e. The zero-order valence-electron chi connectivity index (χ0n) is 12.5. The Kier molecular flexibility index (Phi) is 4.48. The van der Waals surface area contributed by atoms with Gasteiger partial charge in [-0.1, -0.05) is 25.5 Å². The van der Waals surface area contributed by atoms with Crippen LogP contribution in [0.5, 0.6) is 5.75 Å². The first-order valence-corrected chi connectivity index (χ1v) is 7.10. The van der Waals surface area contributed by atoms with Crippen molar-refractivity contribution in [3.63, 3.8) is 0 Å². The van der Waals surface area contributed by atoms with Crippen molar-refractivity contribution < 1.29 is 9.47 Å². The third-order valence-electron chi connectivity index (χ3n) is 3.77. The van der Waals surface area contributed by atoms with Crippen LogP contribution in [0.15, 0.2) is 24.3 Å². The summed E-state index contributed by atoms with van der Waals surface area (Å²) in [7, 11) is 3.88. The molecule has 2 unspecified atom stereocenters. The lowest BCUT2D eigenvalue weighted by Crippen LogP contribution is -2.51. The molecule has 1 heterocycles. The van der Waals surface area contributed by atoms with Crippen molar-refractivity contribution in [2.45, 2.75) is 38.4 Å². The lowest BCUT2D eigenvalue weighted by Gasteiger charge is -2.45. The van der Waals surface area contributed by atoms with E-state index in [-0.39, 0.29) is 11.7 Å². The van der Waals surface area contributed by atoms with E-state index in [2.05, 4.69) is 37.9 Å². The second-order valence-corrected chi connectivity index (χ2v) is 5.60. The molecule has 0 spiro atoms. The number of methoxy groups -OCH3 is 1. The Labute approximate surface area is 116 Å². The molecule has 0 saturated carbocycles. The number of rotatable bonds is 4. The van der Waals surface area contributed by atoms with Crippen LogP contribution < -0.4 is 4.74 Å². The molecule has 19 heavy (non-hydrogen) atoms. The zero-order chi connectivity index (χ0) is 13.9. The second kappa shape index (κ2) is 5.93. The van der Waals surface area contributed by atoms with Crippen molar-refractivity contribution in [1.82, 2.24) is 4.90 Å². The van der Waals surface area contributed by atoms with Crippen molar-refractivity contribution >= 4 is 0 Å². The quantitative estimate of drug-likeness (QED) is 0.833. The standard InChI is InChI=1S/C16H25NO2/c1-5-9-16(12-17(3)11-13(2)19-16)14-7-6-8-15(10-14)18-4/h6-8,10,13H,5,9,11-12H2,1-4H3. The summed E-state index contributed by atoms with van der Waals surface area (Å²) in [5, 5.41) is 0. The molecule has 1 fully saturated rings. The van der Waals surface area contributed by atoms with Crippen LogP contribution in [-0.4, -0.2) is 38.3 Å². The van der Waals surface area contributed by atoms with Crippen LogP contribution in [0.3, 0.4) is 0 Å². The minimum Gasteiger partial charge on any atom is -0.497 e. The molecule has 106 valence electrons. The summed E-state index contributed by atoms with van der Waals surface area (Å²) in [4.78, 5) is 2.36. The maximum absolute atomic E-state index is 6.37. The molecular formula is C16H25NO2. The number of hydrogen-bond acceptors (Lipinski definition) is 3. The fourth-order valence-electron chi connectivity index (χ4n) is 3.15. The third-order valence-corrected chi connectivity index (χ3v) is 3.77. The first-order chi connectivity index (χ1) is 9.09. The number of hydrogen-bond donors (Lipinski definition) is 0. The van der Waals surface area contributed by atoms with Crippen LogP contribution in [0.2, 0.25) is 0 Å². The van der Waals surface area contributed by atoms with E-state index in [1.807, 2.05) is 12.1 Å². The molecule has 1 aromatic carbocycles. The van der Waals surface area contributed by atoms with E-state index in [9.17, 15) is 0 Å². The van der Waals surface area contributed by atoms with Gasteiger partial charge in [0, 0.05) is 13.1 Å². The molecule has 0 aliphatic carbocycles. The molecule has 1 aromatic rings. The zero-order valence-corrected chi connectivity index (χ0v) is 12.5. The number of benzene rings is 1. The first-order valence-electron chi connectivity index (χ1n) is 7.10. The molecular weight excluding hydrogens is 238 g/mol. The van der Waals surface area contributed by atoms with E-state index in [4.69, 9.17) is 9.47 Å². The summed E-state index contributed by atoms with van der Waals surface area (Å²) in [5.41, 5.74) is 1.03.